The van der Waals surface area contributed by atoms with E-state index in [2.05, 4.69) is 11.4 Å². The molecule has 140 valence electrons. The summed E-state index contributed by atoms with van der Waals surface area (Å²) in [5, 5.41) is 3.64. The van der Waals surface area contributed by atoms with Crippen molar-refractivity contribution >= 4 is 17.6 Å². The van der Waals surface area contributed by atoms with Gasteiger partial charge >= 0.3 is 6.03 Å². The zero-order valence-electron chi connectivity index (χ0n) is 15.9. The van der Waals surface area contributed by atoms with Crippen LogP contribution in [0.5, 0.6) is 0 Å². The Hall–Kier alpha value is -2.04. The standard InChI is InChI=1S/C21H27ClN2O2/c1-21(2,3)26-15-18-7-5-6-17(12-18)13-23-20(25)24(4)14-16-8-10-19(22)11-9-16/h5-12H,13-15H2,1-4H3,(H,23,25). The summed E-state index contributed by atoms with van der Waals surface area (Å²) in [4.78, 5) is 13.9. The number of hydrogen-bond acceptors (Lipinski definition) is 2. The number of carbonyl (C=O) groups excluding carboxylic acids is 1. The van der Waals surface area contributed by atoms with Gasteiger partial charge in [0.15, 0.2) is 0 Å². The Morgan fingerprint density at radius 2 is 1.73 bits per heavy atom. The van der Waals surface area contributed by atoms with E-state index in [9.17, 15) is 4.79 Å². The number of rotatable bonds is 6. The molecule has 0 heterocycles. The van der Waals surface area contributed by atoms with E-state index in [0.717, 1.165) is 16.7 Å². The highest BCUT2D eigenvalue weighted by molar-refractivity contribution is 6.30. The molecule has 0 aliphatic rings. The molecule has 2 aromatic rings. The van der Waals surface area contributed by atoms with E-state index in [0.29, 0.717) is 24.7 Å². The van der Waals surface area contributed by atoms with Crippen LogP contribution in [-0.2, 0) is 24.4 Å². The number of amides is 2. The first-order valence-corrected chi connectivity index (χ1v) is 9.06. The van der Waals surface area contributed by atoms with Crippen molar-refractivity contribution in [2.24, 2.45) is 0 Å². The number of carbonyl (C=O) groups is 1. The molecule has 2 rings (SSSR count). The Morgan fingerprint density at radius 3 is 2.38 bits per heavy atom. The van der Waals surface area contributed by atoms with Crippen LogP contribution < -0.4 is 5.32 Å². The van der Waals surface area contributed by atoms with Gasteiger partial charge in [-0.15, -0.1) is 0 Å². The average molecular weight is 375 g/mol. The van der Waals surface area contributed by atoms with Gasteiger partial charge in [0, 0.05) is 25.2 Å². The Bertz CT molecular complexity index is 724. The van der Waals surface area contributed by atoms with E-state index < -0.39 is 0 Å². The Morgan fingerprint density at radius 1 is 1.08 bits per heavy atom. The molecule has 0 spiro atoms. The molecule has 0 radical (unpaired) electrons. The molecule has 0 aliphatic heterocycles. The van der Waals surface area contributed by atoms with Crippen LogP contribution in [-0.4, -0.2) is 23.6 Å². The van der Waals surface area contributed by atoms with E-state index in [1.54, 1.807) is 11.9 Å². The lowest BCUT2D eigenvalue weighted by molar-refractivity contribution is -0.0149. The predicted octanol–water partition coefficient (Wildman–Crippen LogP) is 5.00. The normalized spacial score (nSPS) is 11.3. The van der Waals surface area contributed by atoms with Crippen LogP contribution in [0.25, 0.3) is 0 Å². The van der Waals surface area contributed by atoms with Gasteiger partial charge in [-0.25, -0.2) is 4.79 Å². The van der Waals surface area contributed by atoms with Crippen molar-refractivity contribution in [3.8, 4) is 0 Å². The topological polar surface area (TPSA) is 41.6 Å². The molecular formula is C21H27ClN2O2. The third-order valence-electron chi connectivity index (χ3n) is 3.79. The minimum Gasteiger partial charge on any atom is -0.371 e. The van der Waals surface area contributed by atoms with Crippen molar-refractivity contribution in [3.05, 3.63) is 70.2 Å². The number of benzene rings is 2. The van der Waals surface area contributed by atoms with Gasteiger partial charge < -0.3 is 15.0 Å². The number of nitrogens with one attached hydrogen (secondary N) is 1. The fraction of sp³-hybridized carbons (Fsp3) is 0.381. The van der Waals surface area contributed by atoms with Crippen molar-refractivity contribution in [1.82, 2.24) is 10.2 Å². The predicted molar refractivity (Wildman–Crippen MR) is 106 cm³/mol. The molecule has 0 atom stereocenters. The van der Waals surface area contributed by atoms with Gasteiger partial charge in [0.25, 0.3) is 0 Å². The van der Waals surface area contributed by atoms with Crippen LogP contribution in [0.1, 0.15) is 37.5 Å². The molecule has 2 amide bonds. The summed E-state index contributed by atoms with van der Waals surface area (Å²) < 4.78 is 5.80. The lowest BCUT2D eigenvalue weighted by atomic mass is 10.1. The maximum absolute atomic E-state index is 12.3. The van der Waals surface area contributed by atoms with Gasteiger partial charge in [-0.3, -0.25) is 0 Å². The number of nitrogens with zero attached hydrogens (tertiary/aromatic N) is 1. The molecule has 0 aromatic heterocycles. The summed E-state index contributed by atoms with van der Waals surface area (Å²) in [5.41, 5.74) is 3.01. The second-order valence-electron chi connectivity index (χ2n) is 7.36. The maximum atomic E-state index is 12.3. The zero-order valence-corrected chi connectivity index (χ0v) is 16.6. The molecule has 2 aromatic carbocycles. The van der Waals surface area contributed by atoms with Crippen molar-refractivity contribution < 1.29 is 9.53 Å². The quantitative estimate of drug-likeness (QED) is 0.773. The lowest BCUT2D eigenvalue weighted by Gasteiger charge is -2.20. The zero-order chi connectivity index (χ0) is 19.2. The first kappa shape index (κ1) is 20.3. The smallest absolute Gasteiger partial charge is 0.317 e. The van der Waals surface area contributed by atoms with Crippen LogP contribution in [0, 0.1) is 0 Å². The summed E-state index contributed by atoms with van der Waals surface area (Å²) in [6.07, 6.45) is 0. The third-order valence-corrected chi connectivity index (χ3v) is 4.04. The summed E-state index contributed by atoms with van der Waals surface area (Å²) in [7, 11) is 1.78. The van der Waals surface area contributed by atoms with Crippen LogP contribution >= 0.6 is 11.6 Å². The van der Waals surface area contributed by atoms with E-state index in [1.165, 1.54) is 0 Å². The average Bonchev–Trinajstić information content (AvgIpc) is 2.59. The first-order chi connectivity index (χ1) is 12.2. The van der Waals surface area contributed by atoms with E-state index in [1.807, 2.05) is 63.2 Å². The molecular weight excluding hydrogens is 348 g/mol. The third kappa shape index (κ3) is 7.06. The van der Waals surface area contributed by atoms with Crippen molar-refractivity contribution in [1.29, 1.82) is 0 Å². The largest absolute Gasteiger partial charge is 0.371 e. The monoisotopic (exact) mass is 374 g/mol. The van der Waals surface area contributed by atoms with Gasteiger partial charge in [0.1, 0.15) is 0 Å². The molecule has 4 nitrogen and oxygen atoms in total. The molecule has 26 heavy (non-hydrogen) atoms. The minimum atomic E-state index is -0.172. The van der Waals surface area contributed by atoms with E-state index in [4.69, 9.17) is 16.3 Å². The van der Waals surface area contributed by atoms with Crippen LogP contribution in [0.15, 0.2) is 48.5 Å². The van der Waals surface area contributed by atoms with Gasteiger partial charge in [-0.2, -0.15) is 0 Å². The van der Waals surface area contributed by atoms with Gasteiger partial charge in [0.2, 0.25) is 0 Å². The number of ether oxygens (including phenoxy) is 1. The summed E-state index contributed by atoms with van der Waals surface area (Å²) >= 11 is 5.89. The second kappa shape index (κ2) is 9.06. The highest BCUT2D eigenvalue weighted by Gasteiger charge is 2.11. The molecule has 0 fully saturated rings. The summed E-state index contributed by atoms with van der Waals surface area (Å²) in [6.45, 7) is 7.67. The lowest BCUT2D eigenvalue weighted by Crippen LogP contribution is -2.36. The van der Waals surface area contributed by atoms with Crippen LogP contribution in [0.2, 0.25) is 5.02 Å². The molecule has 0 aliphatic carbocycles. The van der Waals surface area contributed by atoms with Crippen molar-refractivity contribution in [2.75, 3.05) is 7.05 Å². The summed E-state index contributed by atoms with van der Waals surface area (Å²) in [5.74, 6) is 0. The number of halogens is 1. The SMILES string of the molecule is CN(Cc1ccc(Cl)cc1)C(=O)NCc1cccc(COC(C)(C)C)c1. The van der Waals surface area contributed by atoms with E-state index in [-0.39, 0.29) is 11.6 Å². The van der Waals surface area contributed by atoms with Gasteiger partial charge in [-0.05, 0) is 49.6 Å². The summed E-state index contributed by atoms with van der Waals surface area (Å²) in [6, 6.07) is 15.5. The van der Waals surface area contributed by atoms with Gasteiger partial charge in [0.05, 0.1) is 12.2 Å². The minimum absolute atomic E-state index is 0.115. The second-order valence-corrected chi connectivity index (χ2v) is 7.80. The highest BCUT2D eigenvalue weighted by Crippen LogP contribution is 2.14. The number of hydrogen-bond donors (Lipinski definition) is 1. The molecule has 0 unspecified atom stereocenters. The molecule has 5 heteroatoms. The maximum Gasteiger partial charge on any atom is 0.317 e. The molecule has 0 saturated heterocycles. The van der Waals surface area contributed by atoms with Crippen molar-refractivity contribution in [3.63, 3.8) is 0 Å². The molecule has 0 saturated carbocycles. The Kier molecular flexibility index (Phi) is 7.06. The van der Waals surface area contributed by atoms with Crippen molar-refractivity contribution in [2.45, 2.75) is 46.1 Å². The Balaban J connectivity index is 1.85. The van der Waals surface area contributed by atoms with Crippen LogP contribution in [0.3, 0.4) is 0 Å². The van der Waals surface area contributed by atoms with Gasteiger partial charge in [-0.1, -0.05) is 48.0 Å². The van der Waals surface area contributed by atoms with E-state index >= 15 is 0 Å². The molecule has 0 bridgehead atoms. The Labute approximate surface area is 161 Å². The fourth-order valence-electron chi connectivity index (χ4n) is 2.38. The first-order valence-electron chi connectivity index (χ1n) is 8.68. The fourth-order valence-corrected chi connectivity index (χ4v) is 2.50. The highest BCUT2D eigenvalue weighted by atomic mass is 35.5. The number of urea groups is 1. The molecule has 1 N–H and O–H groups in total. The van der Waals surface area contributed by atoms with Crippen LogP contribution in [0.4, 0.5) is 4.79 Å².